The number of methoxy groups -OCH3 is 1. The number of hydrogen-bond acceptors (Lipinski definition) is 12. The Bertz CT molecular complexity index is 851. The fraction of sp³-hybridized carbons (Fsp3) is 0.912. The van der Waals surface area contributed by atoms with Gasteiger partial charge in [-0.25, -0.2) is 9.59 Å². The average molecular weight is 710 g/mol. The van der Waals surface area contributed by atoms with Crippen LogP contribution in [0.3, 0.4) is 0 Å². The zero-order valence-corrected chi connectivity index (χ0v) is 31.6. The number of unbranched alkanes of at least 4 members (excludes halogenated alkanes) is 1. The Labute approximate surface area is 294 Å². The number of carboxylic acids is 1. The van der Waals surface area contributed by atoms with E-state index < -0.39 is 23.5 Å². The summed E-state index contributed by atoms with van der Waals surface area (Å²) < 4.78 is 42.3. The number of ether oxygens (including phenoxy) is 8. The Morgan fingerprint density at radius 1 is 0.633 bits per heavy atom. The number of nitrogens with zero attached hydrogens (tertiary/aromatic N) is 2. The average Bonchev–Trinajstić information content (AvgIpc) is 3.03. The first-order valence-electron chi connectivity index (χ1n) is 17.3. The first-order valence-corrected chi connectivity index (χ1v) is 17.3. The van der Waals surface area contributed by atoms with Crippen molar-refractivity contribution in [3.8, 4) is 0 Å². The summed E-state index contributed by atoms with van der Waals surface area (Å²) in [4.78, 5) is 41.0. The van der Waals surface area contributed by atoms with E-state index in [0.717, 1.165) is 6.54 Å². The Morgan fingerprint density at radius 2 is 1.06 bits per heavy atom. The monoisotopic (exact) mass is 709 g/mol. The zero-order valence-electron chi connectivity index (χ0n) is 31.6. The lowest BCUT2D eigenvalue weighted by Crippen LogP contribution is -2.47. The van der Waals surface area contributed by atoms with Crippen molar-refractivity contribution < 1.29 is 57.4 Å². The number of aliphatic carboxylic acids is 1. The van der Waals surface area contributed by atoms with Gasteiger partial charge in [0.1, 0.15) is 12.6 Å². The maximum atomic E-state index is 13.0. The first kappa shape index (κ1) is 46.9. The third-order valence-electron chi connectivity index (χ3n) is 7.29. The third kappa shape index (κ3) is 27.3. The van der Waals surface area contributed by atoms with Crippen molar-refractivity contribution in [3.05, 3.63) is 0 Å². The van der Waals surface area contributed by atoms with Crippen LogP contribution in [-0.2, 0) is 47.5 Å². The number of carbonyl (C=O) groups is 3. The van der Waals surface area contributed by atoms with Crippen molar-refractivity contribution in [1.82, 2.24) is 15.1 Å². The largest absolute Gasteiger partial charge is 0.480 e. The van der Waals surface area contributed by atoms with E-state index in [2.05, 4.69) is 31.0 Å². The number of carbonyl (C=O) groups excluding carboxylic acids is 2. The minimum atomic E-state index is -1.14. The van der Waals surface area contributed by atoms with Gasteiger partial charge in [-0.2, -0.15) is 0 Å². The van der Waals surface area contributed by atoms with Crippen molar-refractivity contribution in [2.45, 2.75) is 72.4 Å². The van der Waals surface area contributed by atoms with E-state index in [1.807, 2.05) is 32.7 Å². The highest BCUT2D eigenvalue weighted by atomic mass is 16.6. The molecule has 0 radical (unpaired) electrons. The van der Waals surface area contributed by atoms with E-state index in [9.17, 15) is 19.5 Å². The maximum Gasteiger partial charge on any atom is 0.407 e. The van der Waals surface area contributed by atoms with E-state index in [4.69, 9.17) is 37.9 Å². The molecule has 2 N–H and O–H groups in total. The van der Waals surface area contributed by atoms with E-state index in [-0.39, 0.29) is 31.1 Å². The van der Waals surface area contributed by atoms with Crippen molar-refractivity contribution in [3.63, 3.8) is 0 Å². The molecule has 15 nitrogen and oxygen atoms in total. The Hall–Kier alpha value is -2.11. The predicted molar refractivity (Wildman–Crippen MR) is 185 cm³/mol. The number of likely N-dealkylation sites (N-methyl/N-ethyl adjacent to an activating group) is 1. The SMILES string of the molecule is COCCOCCOCCOCCOCCOCCOCCOC(=O)N[C@@H](CCCCN(CCN(C)C(C)(C)C)C(=O)C(C)(C)C)C(=O)O. The molecule has 2 amide bonds. The summed E-state index contributed by atoms with van der Waals surface area (Å²) in [6.07, 6.45) is 0.529. The van der Waals surface area contributed by atoms with E-state index in [1.54, 1.807) is 7.11 Å². The smallest absolute Gasteiger partial charge is 0.407 e. The summed E-state index contributed by atoms with van der Waals surface area (Å²) in [5.74, 6) is -1.08. The molecule has 0 aromatic heterocycles. The number of nitrogens with one attached hydrogen (secondary N) is 1. The van der Waals surface area contributed by atoms with Crippen LogP contribution in [0.15, 0.2) is 0 Å². The molecule has 0 spiro atoms. The molecule has 0 aliphatic carbocycles. The van der Waals surface area contributed by atoms with Gasteiger partial charge in [-0.15, -0.1) is 0 Å². The van der Waals surface area contributed by atoms with Gasteiger partial charge in [0.2, 0.25) is 5.91 Å². The Balaban J connectivity index is 3.95. The third-order valence-corrected chi connectivity index (χ3v) is 7.29. The second-order valence-corrected chi connectivity index (χ2v) is 13.5. The van der Waals surface area contributed by atoms with Crippen molar-refractivity contribution in [2.24, 2.45) is 5.41 Å². The van der Waals surface area contributed by atoms with Crippen LogP contribution in [-0.4, -0.2) is 171 Å². The van der Waals surface area contributed by atoms with Gasteiger partial charge in [0.25, 0.3) is 0 Å². The summed E-state index contributed by atoms with van der Waals surface area (Å²) >= 11 is 0. The summed E-state index contributed by atoms with van der Waals surface area (Å²) in [6.45, 7) is 19.6. The second kappa shape index (κ2) is 28.6. The Kier molecular flexibility index (Phi) is 27.3. The number of amides is 2. The molecule has 0 aliphatic heterocycles. The molecule has 0 saturated carbocycles. The van der Waals surface area contributed by atoms with Crippen molar-refractivity contribution >= 4 is 18.0 Å². The lowest BCUT2D eigenvalue weighted by molar-refractivity contribution is -0.141. The molecular formula is C34H67N3O12. The molecule has 0 unspecified atom stereocenters. The van der Waals surface area contributed by atoms with Crippen LogP contribution in [0, 0.1) is 5.41 Å². The first-order chi connectivity index (χ1) is 23.2. The van der Waals surface area contributed by atoms with E-state index >= 15 is 0 Å². The van der Waals surface area contributed by atoms with Crippen LogP contribution in [0.5, 0.6) is 0 Å². The van der Waals surface area contributed by atoms with Gasteiger partial charge in [0.15, 0.2) is 0 Å². The van der Waals surface area contributed by atoms with Gasteiger partial charge in [-0.1, -0.05) is 20.8 Å². The molecule has 0 aromatic rings. The lowest BCUT2D eigenvalue weighted by atomic mass is 9.94. The van der Waals surface area contributed by atoms with Crippen molar-refractivity contribution in [2.75, 3.05) is 126 Å². The van der Waals surface area contributed by atoms with Gasteiger partial charge in [0.05, 0.1) is 85.9 Å². The summed E-state index contributed by atoms with van der Waals surface area (Å²) in [7, 11) is 3.66. The number of hydrogen-bond donors (Lipinski definition) is 2. The summed E-state index contributed by atoms with van der Waals surface area (Å²) in [6, 6.07) is -1.09. The quantitative estimate of drug-likeness (QED) is 0.101. The number of rotatable bonds is 31. The van der Waals surface area contributed by atoms with Gasteiger partial charge < -0.3 is 53.2 Å². The molecule has 49 heavy (non-hydrogen) atoms. The van der Waals surface area contributed by atoms with Gasteiger partial charge in [0, 0.05) is 37.7 Å². The Morgan fingerprint density at radius 3 is 1.45 bits per heavy atom. The predicted octanol–water partition coefficient (Wildman–Crippen LogP) is 2.69. The van der Waals surface area contributed by atoms with Crippen molar-refractivity contribution in [1.29, 1.82) is 0 Å². The molecule has 0 bridgehead atoms. The molecule has 0 fully saturated rings. The fourth-order valence-electron chi connectivity index (χ4n) is 4.02. The van der Waals surface area contributed by atoms with Crippen LogP contribution < -0.4 is 5.32 Å². The molecule has 0 aliphatic rings. The topological polar surface area (TPSA) is 164 Å². The molecule has 290 valence electrons. The molecule has 1 atom stereocenters. The molecule has 15 heteroatoms. The highest BCUT2D eigenvalue weighted by Crippen LogP contribution is 2.19. The number of alkyl carbamates (subject to hydrolysis) is 1. The molecule has 0 aromatic carbocycles. The van der Waals surface area contributed by atoms with Crippen LogP contribution in [0.2, 0.25) is 0 Å². The standard InChI is InChI=1S/C34H67N3O12/c1-33(2,3)31(40)37(14-13-36(7)34(4,5)6)12-10-9-11-29(30(38)39)35-32(41)49-28-27-48-26-25-47-24-23-46-22-21-45-20-19-44-18-17-43-16-15-42-8/h29H,9-28H2,1-8H3,(H,35,41)(H,38,39)/t29-/m0/s1. The van der Waals surface area contributed by atoms with Crippen LogP contribution in [0.4, 0.5) is 4.79 Å². The van der Waals surface area contributed by atoms with Gasteiger partial charge in [-0.3, -0.25) is 9.69 Å². The maximum absolute atomic E-state index is 13.0. The summed E-state index contributed by atoms with van der Waals surface area (Å²) in [5, 5.41) is 12.0. The minimum Gasteiger partial charge on any atom is -0.480 e. The second-order valence-electron chi connectivity index (χ2n) is 13.5. The number of carboxylic acid groups (broad SMARTS) is 1. The van der Waals surface area contributed by atoms with Crippen LogP contribution in [0.25, 0.3) is 0 Å². The minimum absolute atomic E-state index is 0.0165. The van der Waals surface area contributed by atoms with Gasteiger partial charge in [-0.05, 0) is 47.1 Å². The fourth-order valence-corrected chi connectivity index (χ4v) is 4.02. The van der Waals surface area contributed by atoms with E-state index in [1.165, 1.54) is 0 Å². The molecule has 0 heterocycles. The normalized spacial score (nSPS) is 12.7. The van der Waals surface area contributed by atoms with Gasteiger partial charge >= 0.3 is 12.1 Å². The van der Waals surface area contributed by atoms with Crippen LogP contribution >= 0.6 is 0 Å². The highest BCUT2D eigenvalue weighted by Gasteiger charge is 2.28. The lowest BCUT2D eigenvalue weighted by Gasteiger charge is -2.35. The molecule has 0 rings (SSSR count). The van der Waals surface area contributed by atoms with Crippen LogP contribution in [0.1, 0.15) is 60.8 Å². The highest BCUT2D eigenvalue weighted by molar-refractivity contribution is 5.81. The zero-order chi connectivity index (χ0) is 37.0. The van der Waals surface area contributed by atoms with E-state index in [0.29, 0.717) is 105 Å². The molecular weight excluding hydrogens is 642 g/mol. The summed E-state index contributed by atoms with van der Waals surface area (Å²) in [5.41, 5.74) is -0.535. The molecule has 0 saturated heterocycles.